The number of halogens is 1. The Kier molecular flexibility index (Phi) is 9.24. The Morgan fingerprint density at radius 1 is 1.23 bits per heavy atom. The fourth-order valence-corrected chi connectivity index (χ4v) is 2.17. The highest BCUT2D eigenvalue weighted by atomic mass is 19.1. The monoisotopic (exact) mass is 313 g/mol. The average molecular weight is 313 g/mol. The van der Waals surface area contributed by atoms with Crippen molar-refractivity contribution < 1.29 is 19.0 Å². The highest BCUT2D eigenvalue weighted by molar-refractivity contribution is 5.15. The van der Waals surface area contributed by atoms with Crippen LogP contribution in [-0.2, 0) is 16.0 Å². The third-order valence-corrected chi connectivity index (χ3v) is 3.23. The molecule has 0 aliphatic rings. The van der Waals surface area contributed by atoms with Crippen LogP contribution in [0, 0.1) is 5.82 Å². The molecule has 0 aliphatic carbocycles. The van der Waals surface area contributed by atoms with Crippen LogP contribution in [0.2, 0.25) is 0 Å². The van der Waals surface area contributed by atoms with Crippen molar-refractivity contribution in [3.8, 4) is 0 Å². The predicted molar refractivity (Wildman–Crippen MR) is 85.3 cm³/mol. The Morgan fingerprint density at radius 3 is 2.50 bits per heavy atom. The van der Waals surface area contributed by atoms with Crippen molar-refractivity contribution in [3.05, 3.63) is 35.6 Å². The van der Waals surface area contributed by atoms with E-state index in [-0.39, 0.29) is 11.9 Å². The van der Waals surface area contributed by atoms with Gasteiger partial charge in [0, 0.05) is 33.4 Å². The van der Waals surface area contributed by atoms with Crippen molar-refractivity contribution in [2.75, 3.05) is 33.4 Å². The molecule has 22 heavy (non-hydrogen) atoms. The summed E-state index contributed by atoms with van der Waals surface area (Å²) in [6.07, 6.45) is 0.453. The van der Waals surface area contributed by atoms with Gasteiger partial charge < -0.3 is 14.6 Å². The lowest BCUT2D eigenvalue weighted by molar-refractivity contribution is -0.0103. The lowest BCUT2D eigenvalue weighted by Crippen LogP contribution is -2.36. The van der Waals surface area contributed by atoms with Gasteiger partial charge in [-0.1, -0.05) is 12.1 Å². The molecule has 0 heterocycles. The number of aliphatic hydroxyl groups is 1. The van der Waals surface area contributed by atoms with Crippen LogP contribution in [0.1, 0.15) is 25.8 Å². The summed E-state index contributed by atoms with van der Waals surface area (Å²) in [6, 6.07) is 6.47. The molecular weight excluding hydrogens is 285 g/mol. The van der Waals surface area contributed by atoms with Crippen molar-refractivity contribution in [2.24, 2.45) is 0 Å². The first-order valence-electron chi connectivity index (χ1n) is 7.76. The molecule has 1 aromatic carbocycles. The number of hydrogen-bond acceptors (Lipinski definition) is 4. The predicted octanol–water partition coefficient (Wildman–Crippen LogP) is 2.45. The summed E-state index contributed by atoms with van der Waals surface area (Å²) >= 11 is 0. The van der Waals surface area contributed by atoms with E-state index in [0.717, 1.165) is 18.5 Å². The maximum atomic E-state index is 13.0. The standard InChI is InChI=1S/C17H28FNO3/c1-14(2)22-13-17(20)12-19(9-4-10-21-3)11-15-5-7-16(18)8-6-15/h5-8,14,17,20H,4,9-13H2,1-3H3. The van der Waals surface area contributed by atoms with Gasteiger partial charge in [-0.25, -0.2) is 4.39 Å². The fraction of sp³-hybridized carbons (Fsp3) is 0.647. The molecule has 0 fully saturated rings. The Morgan fingerprint density at radius 2 is 1.91 bits per heavy atom. The van der Waals surface area contributed by atoms with Crippen molar-refractivity contribution in [2.45, 2.75) is 39.0 Å². The number of aliphatic hydroxyl groups excluding tert-OH is 1. The molecule has 1 aromatic rings. The zero-order valence-corrected chi connectivity index (χ0v) is 13.8. The van der Waals surface area contributed by atoms with Crippen LogP contribution < -0.4 is 0 Å². The minimum atomic E-state index is -0.537. The number of hydrogen-bond donors (Lipinski definition) is 1. The van der Waals surface area contributed by atoms with Crippen molar-refractivity contribution >= 4 is 0 Å². The molecule has 0 radical (unpaired) electrons. The smallest absolute Gasteiger partial charge is 0.123 e. The van der Waals surface area contributed by atoms with E-state index in [0.29, 0.717) is 26.3 Å². The van der Waals surface area contributed by atoms with Crippen LogP contribution in [0.25, 0.3) is 0 Å². The number of methoxy groups -OCH3 is 1. The van der Waals surface area contributed by atoms with Crippen LogP contribution in [0.3, 0.4) is 0 Å². The highest BCUT2D eigenvalue weighted by Crippen LogP contribution is 2.08. The minimum absolute atomic E-state index is 0.105. The second-order valence-electron chi connectivity index (χ2n) is 5.74. The zero-order chi connectivity index (χ0) is 16.4. The number of benzene rings is 1. The number of nitrogens with zero attached hydrogens (tertiary/aromatic N) is 1. The third-order valence-electron chi connectivity index (χ3n) is 3.23. The van der Waals surface area contributed by atoms with Crippen molar-refractivity contribution in [3.63, 3.8) is 0 Å². The molecule has 0 aliphatic heterocycles. The zero-order valence-electron chi connectivity index (χ0n) is 13.8. The molecule has 0 spiro atoms. The van der Waals surface area contributed by atoms with Gasteiger partial charge in [-0.3, -0.25) is 4.90 Å². The maximum Gasteiger partial charge on any atom is 0.123 e. The van der Waals surface area contributed by atoms with E-state index < -0.39 is 6.10 Å². The second-order valence-corrected chi connectivity index (χ2v) is 5.74. The van der Waals surface area contributed by atoms with E-state index in [1.807, 2.05) is 13.8 Å². The molecule has 1 N–H and O–H groups in total. The molecule has 1 rings (SSSR count). The van der Waals surface area contributed by atoms with E-state index in [9.17, 15) is 9.50 Å². The SMILES string of the molecule is COCCCN(Cc1ccc(F)cc1)CC(O)COC(C)C. The first-order chi connectivity index (χ1) is 10.5. The molecule has 0 amide bonds. The Hall–Kier alpha value is -1.01. The molecular formula is C17H28FNO3. The molecule has 0 aromatic heterocycles. The normalized spacial score (nSPS) is 13.0. The molecule has 4 nitrogen and oxygen atoms in total. The second kappa shape index (κ2) is 10.7. The minimum Gasteiger partial charge on any atom is -0.389 e. The van der Waals surface area contributed by atoms with E-state index in [1.165, 1.54) is 12.1 Å². The number of rotatable bonds is 11. The van der Waals surface area contributed by atoms with Gasteiger partial charge in [-0.2, -0.15) is 0 Å². The molecule has 0 bridgehead atoms. The molecule has 5 heteroatoms. The summed E-state index contributed by atoms with van der Waals surface area (Å²) in [4.78, 5) is 2.14. The van der Waals surface area contributed by atoms with Gasteiger partial charge in [0.05, 0.1) is 18.8 Å². The van der Waals surface area contributed by atoms with Crippen LogP contribution >= 0.6 is 0 Å². The van der Waals surface area contributed by atoms with Crippen molar-refractivity contribution in [1.82, 2.24) is 4.90 Å². The van der Waals surface area contributed by atoms with E-state index >= 15 is 0 Å². The summed E-state index contributed by atoms with van der Waals surface area (Å²) in [5.74, 6) is -0.236. The molecule has 0 saturated heterocycles. The van der Waals surface area contributed by atoms with Crippen LogP contribution in [0.4, 0.5) is 4.39 Å². The quantitative estimate of drug-likeness (QED) is 0.637. The van der Waals surface area contributed by atoms with Gasteiger partial charge in [-0.15, -0.1) is 0 Å². The fourth-order valence-electron chi connectivity index (χ4n) is 2.17. The van der Waals surface area contributed by atoms with Crippen molar-refractivity contribution in [1.29, 1.82) is 0 Å². The lowest BCUT2D eigenvalue weighted by Gasteiger charge is -2.25. The molecule has 0 saturated carbocycles. The van der Waals surface area contributed by atoms with Gasteiger partial charge in [0.1, 0.15) is 5.82 Å². The summed E-state index contributed by atoms with van der Waals surface area (Å²) in [7, 11) is 1.68. The van der Waals surface area contributed by atoms with Crippen LogP contribution in [-0.4, -0.2) is 55.6 Å². The lowest BCUT2D eigenvalue weighted by atomic mass is 10.2. The first-order valence-corrected chi connectivity index (χ1v) is 7.76. The van der Waals surface area contributed by atoms with Crippen LogP contribution in [0.5, 0.6) is 0 Å². The third kappa shape index (κ3) is 8.44. The molecule has 1 unspecified atom stereocenters. The Balaban J connectivity index is 2.52. The average Bonchev–Trinajstić information content (AvgIpc) is 2.47. The topological polar surface area (TPSA) is 41.9 Å². The van der Waals surface area contributed by atoms with Gasteiger partial charge in [-0.05, 0) is 38.0 Å². The maximum absolute atomic E-state index is 13.0. The molecule has 1 atom stereocenters. The van der Waals surface area contributed by atoms with Gasteiger partial charge >= 0.3 is 0 Å². The van der Waals surface area contributed by atoms with Gasteiger partial charge in [0.15, 0.2) is 0 Å². The van der Waals surface area contributed by atoms with Gasteiger partial charge in [0.2, 0.25) is 0 Å². The summed E-state index contributed by atoms with van der Waals surface area (Å²) in [5, 5.41) is 10.1. The highest BCUT2D eigenvalue weighted by Gasteiger charge is 2.13. The number of ether oxygens (including phenoxy) is 2. The van der Waals surface area contributed by atoms with E-state index in [2.05, 4.69) is 4.90 Å². The van der Waals surface area contributed by atoms with E-state index in [1.54, 1.807) is 19.2 Å². The summed E-state index contributed by atoms with van der Waals surface area (Å²) in [5.41, 5.74) is 1.02. The van der Waals surface area contributed by atoms with Crippen LogP contribution in [0.15, 0.2) is 24.3 Å². The first kappa shape index (κ1) is 19.0. The Bertz CT molecular complexity index is 397. The molecule has 126 valence electrons. The summed E-state index contributed by atoms with van der Waals surface area (Å²) < 4.78 is 23.5. The summed E-state index contributed by atoms with van der Waals surface area (Å²) in [6.45, 7) is 6.89. The largest absolute Gasteiger partial charge is 0.389 e. The van der Waals surface area contributed by atoms with E-state index in [4.69, 9.17) is 9.47 Å². The van der Waals surface area contributed by atoms with Gasteiger partial charge in [0.25, 0.3) is 0 Å². The Labute approximate surface area is 132 Å².